The van der Waals surface area contributed by atoms with Crippen molar-refractivity contribution in [1.29, 1.82) is 0 Å². The molecule has 0 aliphatic carbocycles. The number of benzene rings is 2. The number of rotatable bonds is 3. The first-order valence-electron chi connectivity index (χ1n) is 5.75. The summed E-state index contributed by atoms with van der Waals surface area (Å²) < 4.78 is 5.23. The zero-order chi connectivity index (χ0) is 14.7. The molecule has 0 spiro atoms. The highest BCUT2D eigenvalue weighted by atomic mass is 35.5. The first-order valence-corrected chi connectivity index (χ1v) is 6.51. The molecule has 0 amide bonds. The molecule has 2 aromatic carbocycles. The normalized spacial score (nSPS) is 10.2. The molecule has 5 heteroatoms. The molecule has 0 saturated heterocycles. The van der Waals surface area contributed by atoms with Gasteiger partial charge in [0.2, 0.25) is 0 Å². The third kappa shape index (κ3) is 3.38. The molecule has 0 heterocycles. The number of carbonyl (C=O) groups excluding carboxylic acids is 2. The van der Waals surface area contributed by atoms with E-state index >= 15 is 0 Å². The highest BCUT2D eigenvalue weighted by Gasteiger charge is 2.14. The SMILES string of the molecule is CC(=O)c1cc(Cl)ccc1OC(=O)c1ccc(Cl)cc1. The van der Waals surface area contributed by atoms with Crippen LogP contribution in [0.15, 0.2) is 42.5 Å². The summed E-state index contributed by atoms with van der Waals surface area (Å²) in [5.41, 5.74) is 0.610. The molecule has 0 saturated carbocycles. The maximum Gasteiger partial charge on any atom is 0.343 e. The van der Waals surface area contributed by atoms with Crippen LogP contribution >= 0.6 is 23.2 Å². The maximum absolute atomic E-state index is 12.0. The van der Waals surface area contributed by atoms with E-state index in [9.17, 15) is 9.59 Å². The fraction of sp³-hybridized carbons (Fsp3) is 0.0667. The number of hydrogen-bond acceptors (Lipinski definition) is 3. The second-order valence-corrected chi connectivity index (χ2v) is 4.97. The number of halogens is 2. The molecule has 20 heavy (non-hydrogen) atoms. The lowest BCUT2D eigenvalue weighted by atomic mass is 10.1. The number of esters is 1. The first-order chi connectivity index (χ1) is 9.47. The Hall–Kier alpha value is -1.84. The molecule has 2 rings (SSSR count). The van der Waals surface area contributed by atoms with Crippen molar-refractivity contribution < 1.29 is 14.3 Å². The van der Waals surface area contributed by atoms with Crippen LogP contribution in [0.2, 0.25) is 10.0 Å². The largest absolute Gasteiger partial charge is 0.422 e. The number of ketones is 1. The van der Waals surface area contributed by atoms with Crippen molar-refractivity contribution in [2.75, 3.05) is 0 Å². The molecule has 3 nitrogen and oxygen atoms in total. The predicted molar refractivity (Wildman–Crippen MR) is 77.9 cm³/mol. The van der Waals surface area contributed by atoms with Gasteiger partial charge in [-0.05, 0) is 49.4 Å². The highest BCUT2D eigenvalue weighted by molar-refractivity contribution is 6.31. The molecular weight excluding hydrogens is 299 g/mol. The molecule has 0 bridgehead atoms. The van der Waals surface area contributed by atoms with Crippen LogP contribution in [0.5, 0.6) is 5.75 Å². The van der Waals surface area contributed by atoms with Gasteiger partial charge in [-0.3, -0.25) is 4.79 Å². The van der Waals surface area contributed by atoms with Crippen molar-refractivity contribution in [1.82, 2.24) is 0 Å². The van der Waals surface area contributed by atoms with E-state index in [1.54, 1.807) is 30.3 Å². The van der Waals surface area contributed by atoms with Crippen molar-refractivity contribution in [3.8, 4) is 5.75 Å². The Morgan fingerprint density at radius 2 is 1.55 bits per heavy atom. The lowest BCUT2D eigenvalue weighted by Crippen LogP contribution is -2.10. The minimum absolute atomic E-state index is 0.182. The highest BCUT2D eigenvalue weighted by Crippen LogP contribution is 2.24. The van der Waals surface area contributed by atoms with Gasteiger partial charge >= 0.3 is 5.97 Å². The van der Waals surface area contributed by atoms with Gasteiger partial charge in [0.15, 0.2) is 5.78 Å². The standard InChI is InChI=1S/C15H10Cl2O3/c1-9(18)13-8-12(17)6-7-14(13)20-15(19)10-2-4-11(16)5-3-10/h2-8H,1H3. The van der Waals surface area contributed by atoms with E-state index in [1.807, 2.05) is 0 Å². The summed E-state index contributed by atoms with van der Waals surface area (Å²) in [6, 6.07) is 10.8. The average Bonchev–Trinajstić information content (AvgIpc) is 2.41. The molecule has 0 unspecified atom stereocenters. The van der Waals surface area contributed by atoms with Crippen molar-refractivity contribution >= 4 is 35.0 Å². The van der Waals surface area contributed by atoms with Gasteiger partial charge in [-0.2, -0.15) is 0 Å². The molecule has 0 aliphatic rings. The second-order valence-electron chi connectivity index (χ2n) is 4.09. The number of ether oxygens (including phenoxy) is 1. The van der Waals surface area contributed by atoms with Gasteiger partial charge in [0.25, 0.3) is 0 Å². The van der Waals surface area contributed by atoms with E-state index in [1.165, 1.54) is 19.1 Å². The Morgan fingerprint density at radius 1 is 0.950 bits per heavy atom. The molecular formula is C15H10Cl2O3. The number of carbonyl (C=O) groups is 2. The van der Waals surface area contributed by atoms with Crippen LogP contribution in [-0.4, -0.2) is 11.8 Å². The molecule has 0 aromatic heterocycles. The molecule has 0 N–H and O–H groups in total. The smallest absolute Gasteiger partial charge is 0.343 e. The fourth-order valence-corrected chi connectivity index (χ4v) is 1.91. The number of Topliss-reactive ketones (excluding diaryl/α,β-unsaturated/α-hetero) is 1. The van der Waals surface area contributed by atoms with E-state index in [4.69, 9.17) is 27.9 Å². The van der Waals surface area contributed by atoms with E-state index in [0.29, 0.717) is 15.6 Å². The van der Waals surface area contributed by atoms with Crippen LogP contribution in [0.1, 0.15) is 27.6 Å². The zero-order valence-electron chi connectivity index (χ0n) is 10.5. The average molecular weight is 309 g/mol. The van der Waals surface area contributed by atoms with Crippen LogP contribution < -0.4 is 4.74 Å². The lowest BCUT2D eigenvalue weighted by Gasteiger charge is -2.08. The molecule has 0 fully saturated rings. The van der Waals surface area contributed by atoms with Crippen molar-refractivity contribution in [2.45, 2.75) is 6.92 Å². The summed E-state index contributed by atoms with van der Waals surface area (Å²) in [5.74, 6) is -0.611. The van der Waals surface area contributed by atoms with Crippen LogP contribution in [0.25, 0.3) is 0 Å². The fourth-order valence-electron chi connectivity index (χ4n) is 1.61. The topological polar surface area (TPSA) is 43.4 Å². The molecule has 0 radical (unpaired) electrons. The summed E-state index contributed by atoms with van der Waals surface area (Å²) >= 11 is 11.6. The van der Waals surface area contributed by atoms with Crippen molar-refractivity contribution in [2.24, 2.45) is 0 Å². The molecule has 0 atom stereocenters. The van der Waals surface area contributed by atoms with E-state index in [2.05, 4.69) is 0 Å². The van der Waals surface area contributed by atoms with Gasteiger partial charge in [0.05, 0.1) is 11.1 Å². The predicted octanol–water partition coefficient (Wildman–Crippen LogP) is 4.42. The number of hydrogen-bond donors (Lipinski definition) is 0. The summed E-state index contributed by atoms with van der Waals surface area (Å²) in [7, 11) is 0. The minimum atomic E-state index is -0.563. The van der Waals surface area contributed by atoms with Gasteiger partial charge in [-0.15, -0.1) is 0 Å². The quantitative estimate of drug-likeness (QED) is 0.479. The Labute approximate surface area is 126 Å². The van der Waals surface area contributed by atoms with Gasteiger partial charge in [-0.25, -0.2) is 4.79 Å². The first kappa shape index (κ1) is 14.6. The monoisotopic (exact) mass is 308 g/mol. The molecule has 2 aromatic rings. The summed E-state index contributed by atoms with van der Waals surface area (Å²) in [4.78, 5) is 23.5. The van der Waals surface area contributed by atoms with E-state index < -0.39 is 5.97 Å². The van der Waals surface area contributed by atoms with Crippen LogP contribution in [-0.2, 0) is 0 Å². The second kappa shape index (κ2) is 6.07. The zero-order valence-corrected chi connectivity index (χ0v) is 12.0. The maximum atomic E-state index is 12.0. The van der Waals surface area contributed by atoms with Gasteiger partial charge in [0.1, 0.15) is 5.75 Å². The van der Waals surface area contributed by atoms with E-state index in [-0.39, 0.29) is 17.1 Å². The van der Waals surface area contributed by atoms with Crippen molar-refractivity contribution in [3.05, 3.63) is 63.6 Å². The lowest BCUT2D eigenvalue weighted by molar-refractivity contribution is 0.0733. The summed E-state index contributed by atoms with van der Waals surface area (Å²) in [6.45, 7) is 1.38. The Morgan fingerprint density at radius 3 is 2.15 bits per heavy atom. The van der Waals surface area contributed by atoms with Crippen LogP contribution in [0.3, 0.4) is 0 Å². The van der Waals surface area contributed by atoms with Gasteiger partial charge in [0, 0.05) is 10.0 Å². The molecule has 0 aliphatic heterocycles. The summed E-state index contributed by atoms with van der Waals surface area (Å²) in [6.07, 6.45) is 0. The molecule has 102 valence electrons. The third-order valence-electron chi connectivity index (χ3n) is 2.60. The van der Waals surface area contributed by atoms with E-state index in [0.717, 1.165) is 0 Å². The Balaban J connectivity index is 2.28. The van der Waals surface area contributed by atoms with Gasteiger partial charge in [-0.1, -0.05) is 23.2 Å². The Kier molecular flexibility index (Phi) is 4.42. The van der Waals surface area contributed by atoms with Crippen LogP contribution in [0.4, 0.5) is 0 Å². The third-order valence-corrected chi connectivity index (χ3v) is 3.09. The minimum Gasteiger partial charge on any atom is -0.422 e. The Bertz CT molecular complexity index is 663. The van der Waals surface area contributed by atoms with Crippen LogP contribution in [0, 0.1) is 0 Å². The van der Waals surface area contributed by atoms with Gasteiger partial charge < -0.3 is 4.74 Å². The summed E-state index contributed by atoms with van der Waals surface area (Å²) in [5, 5.41) is 0.930. The van der Waals surface area contributed by atoms with Crippen molar-refractivity contribution in [3.63, 3.8) is 0 Å².